The van der Waals surface area contributed by atoms with E-state index in [9.17, 15) is 4.79 Å². The number of nitrogens with one attached hydrogen (secondary N) is 1. The summed E-state index contributed by atoms with van der Waals surface area (Å²) in [7, 11) is 1.61. The molecule has 1 amide bonds. The van der Waals surface area contributed by atoms with Crippen molar-refractivity contribution in [3.63, 3.8) is 0 Å². The Morgan fingerprint density at radius 2 is 1.85 bits per heavy atom. The number of aromatic nitrogens is 2. The summed E-state index contributed by atoms with van der Waals surface area (Å²) >= 11 is 1.44. The van der Waals surface area contributed by atoms with Gasteiger partial charge in [-0.05, 0) is 12.3 Å². The normalized spacial score (nSPS) is 10.4. The minimum atomic E-state index is -0.220. The van der Waals surface area contributed by atoms with Crippen molar-refractivity contribution in [3.8, 4) is 17.0 Å². The van der Waals surface area contributed by atoms with E-state index in [-0.39, 0.29) is 5.91 Å². The van der Waals surface area contributed by atoms with E-state index in [1.54, 1.807) is 13.3 Å². The molecule has 1 heterocycles. The number of para-hydroxylation sites is 1. The smallest absolute Gasteiger partial charge is 0.255 e. The summed E-state index contributed by atoms with van der Waals surface area (Å²) in [6.45, 7) is 0.362. The molecule has 0 aliphatic heterocycles. The lowest BCUT2D eigenvalue weighted by molar-refractivity contribution is 0.0950. The SMILES string of the molecule is COc1ccccc1CNC(=O)c1cnc(SC)nc1-c1ccccc1. The number of methoxy groups -OCH3 is 1. The molecule has 26 heavy (non-hydrogen) atoms. The Morgan fingerprint density at radius 3 is 2.58 bits per heavy atom. The van der Waals surface area contributed by atoms with Crippen LogP contribution in [0.4, 0.5) is 0 Å². The molecule has 2 aromatic carbocycles. The zero-order valence-electron chi connectivity index (χ0n) is 14.6. The minimum absolute atomic E-state index is 0.220. The summed E-state index contributed by atoms with van der Waals surface area (Å²) in [6.07, 6.45) is 3.49. The highest BCUT2D eigenvalue weighted by molar-refractivity contribution is 7.98. The average Bonchev–Trinajstić information content (AvgIpc) is 2.72. The van der Waals surface area contributed by atoms with Gasteiger partial charge in [-0.1, -0.05) is 60.3 Å². The highest BCUT2D eigenvalue weighted by Gasteiger charge is 2.16. The molecule has 0 spiro atoms. The van der Waals surface area contributed by atoms with Gasteiger partial charge >= 0.3 is 0 Å². The highest BCUT2D eigenvalue weighted by Crippen LogP contribution is 2.24. The van der Waals surface area contributed by atoms with Crippen molar-refractivity contribution in [2.45, 2.75) is 11.7 Å². The third-order valence-corrected chi connectivity index (χ3v) is 4.43. The van der Waals surface area contributed by atoms with Gasteiger partial charge < -0.3 is 10.1 Å². The van der Waals surface area contributed by atoms with Crippen LogP contribution in [0.1, 0.15) is 15.9 Å². The number of hydrogen-bond acceptors (Lipinski definition) is 5. The Labute approximate surface area is 156 Å². The molecule has 0 radical (unpaired) electrons. The molecule has 0 aliphatic rings. The molecule has 6 heteroatoms. The first-order valence-corrected chi connectivity index (χ1v) is 9.32. The van der Waals surface area contributed by atoms with Crippen LogP contribution < -0.4 is 10.1 Å². The van der Waals surface area contributed by atoms with E-state index in [0.29, 0.717) is 23.0 Å². The largest absolute Gasteiger partial charge is 0.496 e. The maximum atomic E-state index is 12.8. The molecular formula is C20H19N3O2S. The summed E-state index contributed by atoms with van der Waals surface area (Å²) in [6, 6.07) is 17.2. The summed E-state index contributed by atoms with van der Waals surface area (Å²) in [5.41, 5.74) is 2.87. The zero-order valence-corrected chi connectivity index (χ0v) is 15.4. The predicted molar refractivity (Wildman–Crippen MR) is 103 cm³/mol. The van der Waals surface area contributed by atoms with Gasteiger partial charge in [0.05, 0.1) is 18.4 Å². The van der Waals surface area contributed by atoms with Crippen LogP contribution in [-0.4, -0.2) is 29.2 Å². The van der Waals surface area contributed by atoms with Crippen LogP contribution in [0.3, 0.4) is 0 Å². The number of nitrogens with zero attached hydrogens (tertiary/aromatic N) is 2. The lowest BCUT2D eigenvalue weighted by atomic mass is 10.1. The molecule has 5 nitrogen and oxygen atoms in total. The molecule has 1 aromatic heterocycles. The van der Waals surface area contributed by atoms with Crippen LogP contribution in [0.5, 0.6) is 5.75 Å². The second kappa shape index (κ2) is 8.49. The second-order valence-corrected chi connectivity index (χ2v) is 6.25. The van der Waals surface area contributed by atoms with Crippen LogP contribution in [-0.2, 0) is 6.54 Å². The van der Waals surface area contributed by atoms with E-state index < -0.39 is 0 Å². The van der Waals surface area contributed by atoms with Gasteiger partial charge in [-0.15, -0.1) is 0 Å². The van der Waals surface area contributed by atoms with Crippen molar-refractivity contribution in [1.82, 2.24) is 15.3 Å². The average molecular weight is 365 g/mol. The van der Waals surface area contributed by atoms with Gasteiger partial charge in [0, 0.05) is 23.9 Å². The lowest BCUT2D eigenvalue weighted by Gasteiger charge is -2.12. The monoisotopic (exact) mass is 365 g/mol. The van der Waals surface area contributed by atoms with Crippen LogP contribution in [0, 0.1) is 0 Å². The van der Waals surface area contributed by atoms with E-state index in [4.69, 9.17) is 4.74 Å². The van der Waals surface area contributed by atoms with Gasteiger partial charge in [0.25, 0.3) is 5.91 Å². The van der Waals surface area contributed by atoms with Gasteiger partial charge in [0.15, 0.2) is 5.16 Å². The number of carbonyl (C=O) groups is 1. The van der Waals surface area contributed by atoms with Gasteiger partial charge in [0.1, 0.15) is 5.75 Å². The molecule has 0 aliphatic carbocycles. The fraction of sp³-hybridized carbons (Fsp3) is 0.150. The Bertz CT molecular complexity index is 901. The summed E-state index contributed by atoms with van der Waals surface area (Å²) in [5.74, 6) is 0.521. The molecule has 0 atom stereocenters. The summed E-state index contributed by atoms with van der Waals surface area (Å²) in [4.78, 5) is 21.6. The van der Waals surface area contributed by atoms with E-state index in [0.717, 1.165) is 16.9 Å². The van der Waals surface area contributed by atoms with Crippen LogP contribution in [0.2, 0.25) is 0 Å². The van der Waals surface area contributed by atoms with Gasteiger partial charge in [0.2, 0.25) is 0 Å². The first kappa shape index (κ1) is 17.9. The molecule has 0 fully saturated rings. The standard InChI is InChI=1S/C20H19N3O2S/c1-25-17-11-7-6-10-15(17)12-21-19(24)16-13-22-20(26-2)23-18(16)14-8-4-3-5-9-14/h3-11,13H,12H2,1-2H3,(H,21,24). The fourth-order valence-electron chi connectivity index (χ4n) is 2.57. The number of amides is 1. The Balaban J connectivity index is 1.87. The third-order valence-electron chi connectivity index (χ3n) is 3.87. The first-order valence-electron chi connectivity index (χ1n) is 8.09. The molecule has 0 bridgehead atoms. The quantitative estimate of drug-likeness (QED) is 0.532. The Kier molecular flexibility index (Phi) is 5.86. The van der Waals surface area contributed by atoms with Crippen molar-refractivity contribution in [3.05, 3.63) is 71.9 Å². The minimum Gasteiger partial charge on any atom is -0.496 e. The van der Waals surface area contributed by atoms with Crippen molar-refractivity contribution < 1.29 is 9.53 Å². The Morgan fingerprint density at radius 1 is 1.12 bits per heavy atom. The maximum absolute atomic E-state index is 12.8. The third kappa shape index (κ3) is 4.03. The van der Waals surface area contributed by atoms with Gasteiger partial charge in [-0.25, -0.2) is 9.97 Å². The number of hydrogen-bond donors (Lipinski definition) is 1. The maximum Gasteiger partial charge on any atom is 0.255 e. The van der Waals surface area contributed by atoms with Crippen LogP contribution in [0.25, 0.3) is 11.3 Å². The van der Waals surface area contributed by atoms with Gasteiger partial charge in [-0.3, -0.25) is 4.79 Å². The van der Waals surface area contributed by atoms with E-state index >= 15 is 0 Å². The van der Waals surface area contributed by atoms with Crippen molar-refractivity contribution in [2.75, 3.05) is 13.4 Å². The van der Waals surface area contributed by atoms with Crippen molar-refractivity contribution in [2.24, 2.45) is 0 Å². The van der Waals surface area contributed by atoms with Crippen molar-refractivity contribution in [1.29, 1.82) is 0 Å². The van der Waals surface area contributed by atoms with Crippen LogP contribution >= 0.6 is 11.8 Å². The van der Waals surface area contributed by atoms with Crippen molar-refractivity contribution >= 4 is 17.7 Å². The molecule has 3 aromatic rings. The van der Waals surface area contributed by atoms with Crippen LogP contribution in [0.15, 0.2) is 66.0 Å². The molecule has 0 saturated heterocycles. The topological polar surface area (TPSA) is 64.1 Å². The highest BCUT2D eigenvalue weighted by atomic mass is 32.2. The van der Waals surface area contributed by atoms with E-state index in [1.165, 1.54) is 11.8 Å². The number of carbonyl (C=O) groups excluding carboxylic acids is 1. The van der Waals surface area contributed by atoms with E-state index in [1.807, 2.05) is 60.9 Å². The molecule has 3 rings (SSSR count). The number of rotatable bonds is 6. The summed E-state index contributed by atoms with van der Waals surface area (Å²) < 4.78 is 5.33. The second-order valence-electron chi connectivity index (χ2n) is 5.48. The first-order chi connectivity index (χ1) is 12.7. The molecule has 132 valence electrons. The zero-order chi connectivity index (χ0) is 18.4. The number of benzene rings is 2. The van der Waals surface area contributed by atoms with Gasteiger partial charge in [-0.2, -0.15) is 0 Å². The molecule has 1 N–H and O–H groups in total. The lowest BCUT2D eigenvalue weighted by Crippen LogP contribution is -2.24. The summed E-state index contributed by atoms with van der Waals surface area (Å²) in [5, 5.41) is 3.56. The molecule has 0 unspecified atom stereocenters. The number of thioether (sulfide) groups is 1. The Hall–Kier alpha value is -2.86. The molecule has 0 saturated carbocycles. The fourth-order valence-corrected chi connectivity index (χ4v) is 2.91. The number of ether oxygens (including phenoxy) is 1. The predicted octanol–water partition coefficient (Wildman–Crippen LogP) is 3.80. The van der Waals surface area contributed by atoms with E-state index in [2.05, 4.69) is 15.3 Å². The molecular weight excluding hydrogens is 346 g/mol.